The van der Waals surface area contributed by atoms with Crippen molar-refractivity contribution in [1.82, 2.24) is 15.3 Å². The minimum absolute atomic E-state index is 0. The summed E-state index contributed by atoms with van der Waals surface area (Å²) in [5, 5.41) is 2.93. The van der Waals surface area contributed by atoms with Gasteiger partial charge in [-0.3, -0.25) is 4.79 Å². The number of rotatable bonds is 6. The number of nitrogens with zero attached hydrogens (tertiary/aromatic N) is 1. The van der Waals surface area contributed by atoms with E-state index >= 15 is 0 Å². The lowest BCUT2D eigenvalue weighted by molar-refractivity contribution is -0.131. The molecule has 2 aromatic rings. The SMILES string of the molecule is Cl.Cl.NC[C@H]1CC[C@@H](C(=O)NCCCc2nc3ccccc3[nH]2)O1. The maximum absolute atomic E-state index is 12.0. The molecule has 4 N–H and O–H groups in total. The number of fused-ring (bicyclic) bond motifs is 1. The second-order valence-corrected chi connectivity index (χ2v) is 5.66. The van der Waals surface area contributed by atoms with E-state index in [0.29, 0.717) is 13.1 Å². The summed E-state index contributed by atoms with van der Waals surface area (Å²) in [5.41, 5.74) is 7.58. The Morgan fingerprint density at radius 2 is 2.12 bits per heavy atom. The highest BCUT2D eigenvalue weighted by Gasteiger charge is 2.29. The summed E-state index contributed by atoms with van der Waals surface area (Å²) >= 11 is 0. The van der Waals surface area contributed by atoms with Crippen LogP contribution in [0.15, 0.2) is 24.3 Å². The average Bonchev–Trinajstić information content (AvgIpc) is 3.17. The highest BCUT2D eigenvalue weighted by molar-refractivity contribution is 5.85. The highest BCUT2D eigenvalue weighted by atomic mass is 35.5. The van der Waals surface area contributed by atoms with Crippen molar-refractivity contribution in [2.24, 2.45) is 5.73 Å². The van der Waals surface area contributed by atoms with Crippen molar-refractivity contribution < 1.29 is 9.53 Å². The molecule has 24 heavy (non-hydrogen) atoms. The molecule has 6 nitrogen and oxygen atoms in total. The molecule has 0 spiro atoms. The summed E-state index contributed by atoms with van der Waals surface area (Å²) in [7, 11) is 0. The van der Waals surface area contributed by atoms with Crippen molar-refractivity contribution in [3.63, 3.8) is 0 Å². The quantitative estimate of drug-likeness (QED) is 0.673. The molecular formula is C16H24Cl2N4O2. The Morgan fingerprint density at radius 3 is 2.83 bits per heavy atom. The number of amides is 1. The third-order valence-corrected chi connectivity index (χ3v) is 3.99. The first-order valence-corrected chi connectivity index (χ1v) is 7.83. The monoisotopic (exact) mass is 374 g/mol. The van der Waals surface area contributed by atoms with Gasteiger partial charge in [0.25, 0.3) is 0 Å². The maximum atomic E-state index is 12.0. The molecule has 0 radical (unpaired) electrons. The van der Waals surface area contributed by atoms with Gasteiger partial charge in [0.05, 0.1) is 17.1 Å². The zero-order valence-corrected chi connectivity index (χ0v) is 15.0. The van der Waals surface area contributed by atoms with Gasteiger partial charge in [0.15, 0.2) is 0 Å². The smallest absolute Gasteiger partial charge is 0.249 e. The van der Waals surface area contributed by atoms with Crippen LogP contribution in [0, 0.1) is 0 Å². The van der Waals surface area contributed by atoms with Gasteiger partial charge in [-0.1, -0.05) is 12.1 Å². The van der Waals surface area contributed by atoms with Crippen LogP contribution >= 0.6 is 24.8 Å². The Morgan fingerprint density at radius 1 is 1.33 bits per heavy atom. The van der Waals surface area contributed by atoms with E-state index in [1.165, 1.54) is 0 Å². The van der Waals surface area contributed by atoms with Crippen molar-refractivity contribution >= 4 is 41.8 Å². The molecule has 0 aliphatic carbocycles. The normalized spacial score (nSPS) is 19.5. The lowest BCUT2D eigenvalue weighted by atomic mass is 10.2. The van der Waals surface area contributed by atoms with Crippen molar-refractivity contribution in [3.8, 4) is 0 Å². The topological polar surface area (TPSA) is 93.0 Å². The lowest BCUT2D eigenvalue weighted by Crippen LogP contribution is -2.36. The summed E-state index contributed by atoms with van der Waals surface area (Å²) in [5.74, 6) is 0.927. The molecule has 8 heteroatoms. The van der Waals surface area contributed by atoms with E-state index in [1.807, 2.05) is 24.3 Å². The Labute approximate surface area is 153 Å². The molecule has 1 aliphatic rings. The number of nitrogens with two attached hydrogens (primary N) is 1. The van der Waals surface area contributed by atoms with Crippen LogP contribution in [0.1, 0.15) is 25.1 Å². The standard InChI is InChI=1S/C16H22N4O2.2ClH/c17-10-11-7-8-14(22-11)16(21)18-9-3-6-15-19-12-4-1-2-5-13(12)20-15;;/h1-2,4-5,11,14H,3,6-10,17H2,(H,18,21)(H,19,20);2*1H/t11-,14+;;/m1../s1. The number of aryl methyl sites for hydroxylation is 1. The van der Waals surface area contributed by atoms with Crippen molar-refractivity contribution in [1.29, 1.82) is 0 Å². The van der Waals surface area contributed by atoms with Gasteiger partial charge in [0, 0.05) is 19.5 Å². The Hall–Kier alpha value is -1.34. The van der Waals surface area contributed by atoms with Crippen molar-refractivity contribution in [2.75, 3.05) is 13.1 Å². The van der Waals surface area contributed by atoms with E-state index in [1.54, 1.807) is 0 Å². The Balaban J connectivity index is 0.00000144. The molecule has 2 heterocycles. The molecule has 1 aromatic carbocycles. The summed E-state index contributed by atoms with van der Waals surface area (Å²) < 4.78 is 5.57. The summed E-state index contributed by atoms with van der Waals surface area (Å²) in [6, 6.07) is 7.96. The van der Waals surface area contributed by atoms with Crippen LogP contribution in [0.3, 0.4) is 0 Å². The first-order chi connectivity index (χ1) is 10.8. The van der Waals surface area contributed by atoms with Crippen molar-refractivity contribution in [3.05, 3.63) is 30.1 Å². The molecule has 0 saturated carbocycles. The number of aromatic amines is 1. The van der Waals surface area contributed by atoms with E-state index in [0.717, 1.165) is 42.5 Å². The van der Waals surface area contributed by atoms with Crippen LogP contribution in [0.25, 0.3) is 11.0 Å². The fourth-order valence-electron chi connectivity index (χ4n) is 2.78. The van der Waals surface area contributed by atoms with Crippen LogP contribution < -0.4 is 11.1 Å². The number of hydrogen-bond donors (Lipinski definition) is 3. The fourth-order valence-corrected chi connectivity index (χ4v) is 2.78. The number of nitrogens with one attached hydrogen (secondary N) is 2. The van der Waals surface area contributed by atoms with Gasteiger partial charge in [-0.05, 0) is 31.4 Å². The first-order valence-electron chi connectivity index (χ1n) is 7.83. The molecule has 0 unspecified atom stereocenters. The summed E-state index contributed by atoms with van der Waals surface area (Å²) in [4.78, 5) is 19.8. The van der Waals surface area contributed by atoms with Gasteiger partial charge in [-0.15, -0.1) is 24.8 Å². The van der Waals surface area contributed by atoms with Crippen molar-refractivity contribution in [2.45, 2.75) is 37.9 Å². The average molecular weight is 375 g/mol. The number of ether oxygens (including phenoxy) is 1. The highest BCUT2D eigenvalue weighted by Crippen LogP contribution is 2.18. The summed E-state index contributed by atoms with van der Waals surface area (Å²) in [6.07, 6.45) is 2.99. The van der Waals surface area contributed by atoms with E-state index in [4.69, 9.17) is 10.5 Å². The van der Waals surface area contributed by atoms with E-state index in [-0.39, 0.29) is 42.9 Å². The zero-order valence-electron chi connectivity index (χ0n) is 13.4. The molecule has 1 amide bonds. The zero-order chi connectivity index (χ0) is 15.4. The molecule has 134 valence electrons. The van der Waals surface area contributed by atoms with Gasteiger partial charge in [0.1, 0.15) is 11.9 Å². The Bertz CT molecular complexity index is 617. The number of imidazole rings is 1. The summed E-state index contributed by atoms with van der Waals surface area (Å²) in [6.45, 7) is 1.11. The van der Waals surface area contributed by atoms with Gasteiger partial charge < -0.3 is 20.8 Å². The van der Waals surface area contributed by atoms with Gasteiger partial charge in [-0.2, -0.15) is 0 Å². The third-order valence-electron chi connectivity index (χ3n) is 3.99. The second-order valence-electron chi connectivity index (χ2n) is 5.66. The maximum Gasteiger partial charge on any atom is 0.249 e. The van der Waals surface area contributed by atoms with E-state index in [9.17, 15) is 4.79 Å². The predicted octanol–water partition coefficient (Wildman–Crippen LogP) is 1.96. The molecule has 1 aromatic heterocycles. The number of hydrogen-bond acceptors (Lipinski definition) is 4. The largest absolute Gasteiger partial charge is 0.364 e. The van der Waals surface area contributed by atoms with E-state index in [2.05, 4.69) is 15.3 Å². The lowest BCUT2D eigenvalue weighted by Gasteiger charge is -2.12. The minimum Gasteiger partial charge on any atom is -0.364 e. The number of para-hydroxylation sites is 2. The molecule has 2 atom stereocenters. The van der Waals surface area contributed by atoms with Crippen LogP contribution in [0.2, 0.25) is 0 Å². The second kappa shape index (κ2) is 9.84. The molecule has 0 bridgehead atoms. The first kappa shape index (κ1) is 20.7. The number of halogens is 2. The number of aromatic nitrogens is 2. The van der Waals surface area contributed by atoms with Gasteiger partial charge in [0.2, 0.25) is 5.91 Å². The third kappa shape index (κ3) is 5.08. The molecule has 1 aliphatic heterocycles. The Kier molecular flexibility index (Phi) is 8.48. The fraction of sp³-hybridized carbons (Fsp3) is 0.500. The van der Waals surface area contributed by atoms with Crippen LogP contribution in [-0.4, -0.2) is 41.2 Å². The number of benzene rings is 1. The molecule has 1 fully saturated rings. The molecular weight excluding hydrogens is 351 g/mol. The number of H-pyrrole nitrogens is 1. The predicted molar refractivity (Wildman–Crippen MR) is 98.9 cm³/mol. The van der Waals surface area contributed by atoms with Gasteiger partial charge in [-0.25, -0.2) is 4.98 Å². The number of carbonyl (C=O) groups excluding carboxylic acids is 1. The molecule has 3 rings (SSSR count). The number of carbonyl (C=O) groups is 1. The van der Waals surface area contributed by atoms with Crippen LogP contribution in [0.4, 0.5) is 0 Å². The van der Waals surface area contributed by atoms with Crippen LogP contribution in [-0.2, 0) is 16.0 Å². The van der Waals surface area contributed by atoms with Crippen LogP contribution in [0.5, 0.6) is 0 Å². The minimum atomic E-state index is -0.334. The molecule has 1 saturated heterocycles. The van der Waals surface area contributed by atoms with E-state index < -0.39 is 0 Å². The van der Waals surface area contributed by atoms with Gasteiger partial charge >= 0.3 is 0 Å².